The lowest BCUT2D eigenvalue weighted by Crippen LogP contribution is -2.25. The Hall–Kier alpha value is -7.22. The molecule has 1 heteroatoms. The first kappa shape index (κ1) is 32.2. The third-order valence-corrected chi connectivity index (χ3v) is 11.9. The maximum Gasteiger partial charge on any atom is 0.0725 e. The van der Waals surface area contributed by atoms with E-state index in [9.17, 15) is 0 Å². The Bertz CT molecular complexity index is 2840. The van der Waals surface area contributed by atoms with Crippen LogP contribution in [0.15, 0.2) is 224 Å². The lowest BCUT2D eigenvalue weighted by atomic mass is 9.70. The van der Waals surface area contributed by atoms with Gasteiger partial charge in [0.05, 0.1) is 5.41 Å². The van der Waals surface area contributed by atoms with Gasteiger partial charge in [-0.05, 0) is 114 Å². The standard InChI is InChI=1S/C55H37N/c1-3-14-38(15-4-1)40-26-28-41(29-27-40)42-30-32-44(33-31-42)56(45-19-13-18-43(36-45)39-16-5-2-6-17-39)46-34-35-54-50(37-46)49-22-9-12-25-53(49)55(54)51-23-10-7-20-47(51)48-21-8-11-24-52(48)55/h1-37H. The Morgan fingerprint density at radius 2 is 0.607 bits per heavy atom. The van der Waals surface area contributed by atoms with Crippen molar-refractivity contribution in [2.75, 3.05) is 4.90 Å². The fourth-order valence-electron chi connectivity index (χ4n) is 9.42. The van der Waals surface area contributed by atoms with Gasteiger partial charge in [0.1, 0.15) is 0 Å². The van der Waals surface area contributed by atoms with Gasteiger partial charge in [-0.1, -0.05) is 188 Å². The Morgan fingerprint density at radius 3 is 1.16 bits per heavy atom. The third kappa shape index (κ3) is 4.95. The SMILES string of the molecule is c1ccc(-c2ccc(-c3ccc(N(c4cccc(-c5ccccc5)c4)c4ccc5c(c4)-c4ccccc4C54c5ccccc5-c5ccccc54)cc3)cc2)cc1. The number of rotatable bonds is 6. The molecule has 0 saturated heterocycles. The lowest BCUT2D eigenvalue weighted by Gasteiger charge is -2.31. The van der Waals surface area contributed by atoms with Crippen molar-refractivity contribution >= 4 is 17.1 Å². The highest BCUT2D eigenvalue weighted by Crippen LogP contribution is 2.63. The van der Waals surface area contributed by atoms with Gasteiger partial charge >= 0.3 is 0 Å². The van der Waals surface area contributed by atoms with Crippen molar-refractivity contribution in [2.24, 2.45) is 0 Å². The van der Waals surface area contributed by atoms with Crippen LogP contribution in [-0.2, 0) is 5.41 Å². The zero-order chi connectivity index (χ0) is 37.1. The molecule has 0 bridgehead atoms. The van der Waals surface area contributed by atoms with Crippen molar-refractivity contribution < 1.29 is 0 Å². The highest BCUT2D eigenvalue weighted by atomic mass is 15.1. The first-order valence-corrected chi connectivity index (χ1v) is 19.4. The average Bonchev–Trinajstić information content (AvgIpc) is 3.75. The molecule has 9 aromatic carbocycles. The minimum Gasteiger partial charge on any atom is -0.310 e. The summed E-state index contributed by atoms with van der Waals surface area (Å²) in [6.45, 7) is 0. The Balaban J connectivity index is 1.06. The van der Waals surface area contributed by atoms with E-state index in [1.165, 1.54) is 77.9 Å². The van der Waals surface area contributed by atoms with Gasteiger partial charge in [-0.2, -0.15) is 0 Å². The van der Waals surface area contributed by atoms with E-state index in [1.54, 1.807) is 0 Å². The molecule has 0 aromatic heterocycles. The van der Waals surface area contributed by atoms with Crippen LogP contribution in [0.4, 0.5) is 17.1 Å². The van der Waals surface area contributed by atoms with Gasteiger partial charge in [-0.25, -0.2) is 0 Å². The molecule has 9 aromatic rings. The molecule has 56 heavy (non-hydrogen) atoms. The van der Waals surface area contributed by atoms with Crippen molar-refractivity contribution in [1.29, 1.82) is 0 Å². The molecule has 0 fully saturated rings. The number of anilines is 3. The maximum atomic E-state index is 2.43. The zero-order valence-electron chi connectivity index (χ0n) is 30.8. The predicted molar refractivity (Wildman–Crippen MR) is 234 cm³/mol. The largest absolute Gasteiger partial charge is 0.310 e. The van der Waals surface area contributed by atoms with E-state index in [1.807, 2.05) is 0 Å². The fraction of sp³-hybridized carbons (Fsp3) is 0.0182. The van der Waals surface area contributed by atoms with E-state index in [0.717, 1.165) is 17.1 Å². The van der Waals surface area contributed by atoms with Crippen LogP contribution in [0, 0.1) is 0 Å². The second kappa shape index (κ2) is 13.0. The summed E-state index contributed by atoms with van der Waals surface area (Å²) in [5, 5.41) is 0. The van der Waals surface area contributed by atoms with Crippen LogP contribution in [0.25, 0.3) is 55.6 Å². The van der Waals surface area contributed by atoms with Gasteiger partial charge < -0.3 is 4.90 Å². The number of hydrogen-bond donors (Lipinski definition) is 0. The minimum absolute atomic E-state index is 0.368. The van der Waals surface area contributed by atoms with E-state index >= 15 is 0 Å². The summed E-state index contributed by atoms with van der Waals surface area (Å²) in [5.41, 5.74) is 20.8. The second-order valence-electron chi connectivity index (χ2n) is 14.9. The molecule has 2 aliphatic carbocycles. The summed E-state index contributed by atoms with van der Waals surface area (Å²) in [6.07, 6.45) is 0. The lowest BCUT2D eigenvalue weighted by molar-refractivity contribution is 0.794. The molecule has 0 atom stereocenters. The van der Waals surface area contributed by atoms with E-state index in [2.05, 4.69) is 229 Å². The van der Waals surface area contributed by atoms with Gasteiger partial charge in [-0.15, -0.1) is 0 Å². The van der Waals surface area contributed by atoms with Crippen molar-refractivity contribution in [2.45, 2.75) is 5.41 Å². The molecule has 1 spiro atoms. The Morgan fingerprint density at radius 1 is 0.232 bits per heavy atom. The molecule has 262 valence electrons. The third-order valence-electron chi connectivity index (χ3n) is 11.9. The summed E-state index contributed by atoms with van der Waals surface area (Å²) >= 11 is 0. The molecule has 0 amide bonds. The molecule has 0 radical (unpaired) electrons. The van der Waals surface area contributed by atoms with Gasteiger partial charge in [-0.3, -0.25) is 0 Å². The number of nitrogens with zero attached hydrogens (tertiary/aromatic N) is 1. The fourth-order valence-corrected chi connectivity index (χ4v) is 9.42. The highest BCUT2D eigenvalue weighted by molar-refractivity contribution is 5.96. The Kier molecular flexibility index (Phi) is 7.47. The van der Waals surface area contributed by atoms with Gasteiger partial charge in [0.15, 0.2) is 0 Å². The topological polar surface area (TPSA) is 3.24 Å². The number of fused-ring (bicyclic) bond motifs is 10. The summed E-state index contributed by atoms with van der Waals surface area (Å²) in [5.74, 6) is 0. The second-order valence-corrected chi connectivity index (χ2v) is 14.9. The van der Waals surface area contributed by atoms with Crippen molar-refractivity contribution in [1.82, 2.24) is 0 Å². The smallest absolute Gasteiger partial charge is 0.0725 e. The number of hydrogen-bond acceptors (Lipinski definition) is 1. The van der Waals surface area contributed by atoms with Crippen LogP contribution in [-0.4, -0.2) is 0 Å². The van der Waals surface area contributed by atoms with Crippen LogP contribution in [0.3, 0.4) is 0 Å². The average molecular weight is 712 g/mol. The molecule has 0 N–H and O–H groups in total. The van der Waals surface area contributed by atoms with Gasteiger partial charge in [0.2, 0.25) is 0 Å². The first-order valence-electron chi connectivity index (χ1n) is 19.4. The molecule has 0 unspecified atom stereocenters. The minimum atomic E-state index is -0.368. The molecule has 0 aliphatic heterocycles. The molecule has 2 aliphatic rings. The van der Waals surface area contributed by atoms with Crippen LogP contribution in [0.2, 0.25) is 0 Å². The van der Waals surface area contributed by atoms with E-state index < -0.39 is 0 Å². The summed E-state index contributed by atoms with van der Waals surface area (Å²) in [6, 6.07) is 82.3. The van der Waals surface area contributed by atoms with E-state index in [4.69, 9.17) is 0 Å². The normalized spacial score (nSPS) is 12.8. The summed E-state index contributed by atoms with van der Waals surface area (Å²) in [7, 11) is 0. The Labute approximate surface area is 328 Å². The van der Waals surface area contributed by atoms with Crippen LogP contribution >= 0.6 is 0 Å². The van der Waals surface area contributed by atoms with E-state index in [0.29, 0.717) is 0 Å². The van der Waals surface area contributed by atoms with E-state index in [-0.39, 0.29) is 5.41 Å². The molecule has 0 heterocycles. The van der Waals surface area contributed by atoms with Crippen LogP contribution in [0.1, 0.15) is 22.3 Å². The molecule has 1 nitrogen and oxygen atoms in total. The van der Waals surface area contributed by atoms with Crippen molar-refractivity contribution in [3.8, 4) is 55.6 Å². The monoisotopic (exact) mass is 711 g/mol. The van der Waals surface area contributed by atoms with Crippen LogP contribution < -0.4 is 4.90 Å². The predicted octanol–water partition coefficient (Wildman–Crippen LogP) is 14.5. The molecule has 0 saturated carbocycles. The van der Waals surface area contributed by atoms with Crippen molar-refractivity contribution in [3.05, 3.63) is 247 Å². The van der Waals surface area contributed by atoms with Crippen molar-refractivity contribution in [3.63, 3.8) is 0 Å². The quantitative estimate of drug-likeness (QED) is 0.166. The van der Waals surface area contributed by atoms with Crippen LogP contribution in [0.5, 0.6) is 0 Å². The summed E-state index contributed by atoms with van der Waals surface area (Å²) in [4.78, 5) is 2.42. The van der Waals surface area contributed by atoms with Gasteiger partial charge in [0, 0.05) is 17.1 Å². The number of benzene rings is 9. The molecular formula is C55H37N. The van der Waals surface area contributed by atoms with Gasteiger partial charge in [0.25, 0.3) is 0 Å². The maximum absolute atomic E-state index is 2.43. The highest BCUT2D eigenvalue weighted by Gasteiger charge is 2.51. The molecule has 11 rings (SSSR count). The first-order chi connectivity index (χ1) is 27.8. The summed E-state index contributed by atoms with van der Waals surface area (Å²) < 4.78 is 0. The zero-order valence-corrected chi connectivity index (χ0v) is 30.8. The molecular weight excluding hydrogens is 675 g/mol.